The van der Waals surface area contributed by atoms with Crippen LogP contribution in [0.5, 0.6) is 17.4 Å². The number of carbonyl (C=O) groups excluding carboxylic acids is 1. The minimum Gasteiger partial charge on any atom is -0.497 e. The minimum atomic E-state index is -0.228. The number of aromatic nitrogens is 2. The Morgan fingerprint density at radius 3 is 2.64 bits per heavy atom. The van der Waals surface area contributed by atoms with E-state index in [1.807, 2.05) is 24.3 Å². The number of rotatable bonds is 5. The highest BCUT2D eigenvalue weighted by Gasteiger charge is 2.34. The lowest BCUT2D eigenvalue weighted by Gasteiger charge is -2.22. The van der Waals surface area contributed by atoms with Gasteiger partial charge in [0.05, 0.1) is 25.5 Å². The number of hydrogen-bond donors (Lipinski definition) is 1. The molecule has 4 rings (SSSR count). The predicted molar refractivity (Wildman–Crippen MR) is 105 cm³/mol. The number of ether oxygens (including phenoxy) is 2. The van der Waals surface area contributed by atoms with Crippen molar-refractivity contribution in [3.05, 3.63) is 71.5 Å². The molecular weight excluding hydrogens is 380 g/mol. The van der Waals surface area contributed by atoms with Gasteiger partial charge >= 0.3 is 6.03 Å². The lowest BCUT2D eigenvalue weighted by atomic mass is 10.1. The first-order chi connectivity index (χ1) is 13.6. The highest BCUT2D eigenvalue weighted by Crippen LogP contribution is 2.31. The van der Waals surface area contributed by atoms with Gasteiger partial charge in [0.25, 0.3) is 0 Å². The molecule has 3 aromatic rings. The van der Waals surface area contributed by atoms with E-state index in [1.165, 1.54) is 12.4 Å². The number of carbonyl (C=O) groups is 1. The van der Waals surface area contributed by atoms with Crippen molar-refractivity contribution >= 4 is 23.4 Å². The van der Waals surface area contributed by atoms with Crippen LogP contribution in [0.1, 0.15) is 11.6 Å². The number of halogens is 1. The molecule has 142 valence electrons. The fraction of sp³-hybridized carbons (Fsp3) is 0.150. The fourth-order valence-electron chi connectivity index (χ4n) is 2.99. The zero-order valence-corrected chi connectivity index (χ0v) is 15.8. The molecule has 2 heterocycles. The molecule has 8 heteroatoms. The zero-order chi connectivity index (χ0) is 19.5. The van der Waals surface area contributed by atoms with Crippen LogP contribution in [0, 0.1) is 0 Å². The van der Waals surface area contributed by atoms with Crippen molar-refractivity contribution in [3.8, 4) is 17.4 Å². The number of anilines is 1. The van der Waals surface area contributed by atoms with Gasteiger partial charge in [-0.1, -0.05) is 23.7 Å². The maximum Gasteiger partial charge on any atom is 0.323 e. The minimum absolute atomic E-state index is 0.208. The Morgan fingerprint density at radius 1 is 1.11 bits per heavy atom. The molecule has 1 aliphatic rings. The SMILES string of the molecule is COc1cccc(C2CNC(=O)N2c2cnc(Oc3ccc(Cl)cc3)cn2)c1. The Labute approximate surface area is 166 Å². The second-order valence-electron chi connectivity index (χ2n) is 6.12. The van der Waals surface area contributed by atoms with Gasteiger partial charge in [-0.15, -0.1) is 0 Å². The van der Waals surface area contributed by atoms with Crippen LogP contribution in [0.15, 0.2) is 60.9 Å². The van der Waals surface area contributed by atoms with Gasteiger partial charge in [0.1, 0.15) is 11.5 Å². The summed E-state index contributed by atoms with van der Waals surface area (Å²) in [5.41, 5.74) is 0.945. The predicted octanol–water partition coefficient (Wildman–Crippen LogP) is 4.20. The van der Waals surface area contributed by atoms with E-state index < -0.39 is 0 Å². The number of hydrogen-bond acceptors (Lipinski definition) is 5. The maximum atomic E-state index is 12.4. The molecule has 7 nitrogen and oxygen atoms in total. The number of benzene rings is 2. The molecule has 1 fully saturated rings. The molecule has 1 unspecified atom stereocenters. The molecule has 2 aromatic carbocycles. The molecule has 1 saturated heterocycles. The van der Waals surface area contributed by atoms with Crippen molar-refractivity contribution in [2.75, 3.05) is 18.6 Å². The summed E-state index contributed by atoms with van der Waals surface area (Å²) in [4.78, 5) is 22.6. The first kappa shape index (κ1) is 18.1. The van der Waals surface area contributed by atoms with Crippen LogP contribution in [0.25, 0.3) is 0 Å². The van der Waals surface area contributed by atoms with Gasteiger partial charge in [-0.25, -0.2) is 14.8 Å². The summed E-state index contributed by atoms with van der Waals surface area (Å²) in [6.07, 6.45) is 3.00. The van der Waals surface area contributed by atoms with Crippen molar-refractivity contribution in [3.63, 3.8) is 0 Å². The van der Waals surface area contributed by atoms with Crippen molar-refractivity contribution in [1.29, 1.82) is 0 Å². The van der Waals surface area contributed by atoms with Gasteiger partial charge in [-0.05, 0) is 42.0 Å². The molecular formula is C20H17ClN4O3. The van der Waals surface area contributed by atoms with Crippen LogP contribution >= 0.6 is 11.6 Å². The van der Waals surface area contributed by atoms with Crippen molar-refractivity contribution < 1.29 is 14.3 Å². The fourth-order valence-corrected chi connectivity index (χ4v) is 3.12. The van der Waals surface area contributed by atoms with Gasteiger partial charge in [-0.3, -0.25) is 4.90 Å². The molecule has 0 bridgehead atoms. The summed E-state index contributed by atoms with van der Waals surface area (Å²) in [6, 6.07) is 14.1. The van der Waals surface area contributed by atoms with E-state index in [9.17, 15) is 4.79 Å². The molecule has 0 radical (unpaired) electrons. The Kier molecular flexibility index (Phi) is 4.99. The van der Waals surface area contributed by atoms with Crippen LogP contribution in [-0.4, -0.2) is 29.7 Å². The highest BCUT2D eigenvalue weighted by atomic mass is 35.5. The van der Waals surface area contributed by atoms with E-state index in [1.54, 1.807) is 36.3 Å². The number of nitrogens with zero attached hydrogens (tertiary/aromatic N) is 3. The molecule has 1 aliphatic heterocycles. The molecule has 1 atom stereocenters. The Hall–Kier alpha value is -3.32. The van der Waals surface area contributed by atoms with Gasteiger partial charge in [0.15, 0.2) is 5.82 Å². The quantitative estimate of drug-likeness (QED) is 0.699. The first-order valence-corrected chi connectivity index (χ1v) is 8.98. The third-order valence-electron chi connectivity index (χ3n) is 4.35. The first-order valence-electron chi connectivity index (χ1n) is 8.60. The molecule has 2 amide bonds. The molecule has 0 spiro atoms. The van der Waals surface area contributed by atoms with Crippen molar-refractivity contribution in [2.45, 2.75) is 6.04 Å². The van der Waals surface area contributed by atoms with E-state index in [-0.39, 0.29) is 12.1 Å². The maximum absolute atomic E-state index is 12.4. The van der Waals surface area contributed by atoms with E-state index in [0.717, 1.165) is 11.3 Å². The molecule has 1 aromatic heterocycles. The van der Waals surface area contributed by atoms with Gasteiger partial charge in [0, 0.05) is 11.6 Å². The second kappa shape index (κ2) is 7.74. The standard InChI is InChI=1S/C20H17ClN4O3/c1-27-16-4-2-3-13(9-16)17-10-24-20(26)25(17)18-11-23-19(12-22-18)28-15-7-5-14(21)6-8-15/h2-9,11-12,17H,10H2,1H3,(H,24,26). The summed E-state index contributed by atoms with van der Waals surface area (Å²) in [6.45, 7) is 0.469. The average Bonchev–Trinajstić information content (AvgIpc) is 3.12. The Morgan fingerprint density at radius 2 is 1.93 bits per heavy atom. The molecule has 0 saturated carbocycles. The average molecular weight is 397 g/mol. The Bertz CT molecular complexity index is 980. The number of methoxy groups -OCH3 is 1. The van der Waals surface area contributed by atoms with Crippen LogP contribution in [0.4, 0.5) is 10.6 Å². The third-order valence-corrected chi connectivity index (χ3v) is 4.61. The zero-order valence-electron chi connectivity index (χ0n) is 15.0. The largest absolute Gasteiger partial charge is 0.497 e. The van der Waals surface area contributed by atoms with E-state index >= 15 is 0 Å². The van der Waals surface area contributed by atoms with E-state index in [0.29, 0.717) is 29.0 Å². The normalized spacial score (nSPS) is 16.0. The highest BCUT2D eigenvalue weighted by molar-refractivity contribution is 6.30. The van der Waals surface area contributed by atoms with Crippen LogP contribution in [0.3, 0.4) is 0 Å². The number of urea groups is 1. The monoisotopic (exact) mass is 396 g/mol. The van der Waals surface area contributed by atoms with Crippen LogP contribution in [-0.2, 0) is 0 Å². The van der Waals surface area contributed by atoms with E-state index in [2.05, 4.69) is 15.3 Å². The summed E-state index contributed by atoms with van der Waals surface area (Å²) >= 11 is 5.87. The van der Waals surface area contributed by atoms with Gasteiger partial charge in [-0.2, -0.15) is 0 Å². The van der Waals surface area contributed by atoms with Gasteiger partial charge < -0.3 is 14.8 Å². The van der Waals surface area contributed by atoms with Crippen LogP contribution in [0.2, 0.25) is 5.02 Å². The topological polar surface area (TPSA) is 76.6 Å². The molecule has 0 aliphatic carbocycles. The number of nitrogens with one attached hydrogen (secondary N) is 1. The summed E-state index contributed by atoms with van der Waals surface area (Å²) in [5, 5.41) is 3.47. The third kappa shape index (κ3) is 3.70. The summed E-state index contributed by atoms with van der Waals surface area (Å²) in [5.74, 6) is 2.09. The van der Waals surface area contributed by atoms with Crippen molar-refractivity contribution in [1.82, 2.24) is 15.3 Å². The second-order valence-corrected chi connectivity index (χ2v) is 6.55. The lowest BCUT2D eigenvalue weighted by molar-refractivity contribution is 0.251. The lowest BCUT2D eigenvalue weighted by Crippen LogP contribution is -2.30. The van der Waals surface area contributed by atoms with Crippen LogP contribution < -0.4 is 19.7 Å². The summed E-state index contributed by atoms with van der Waals surface area (Å²) < 4.78 is 10.9. The smallest absolute Gasteiger partial charge is 0.323 e. The molecule has 28 heavy (non-hydrogen) atoms. The Balaban J connectivity index is 1.56. The van der Waals surface area contributed by atoms with Gasteiger partial charge in [0.2, 0.25) is 5.88 Å². The number of amides is 2. The molecule has 1 N–H and O–H groups in total. The van der Waals surface area contributed by atoms with Crippen molar-refractivity contribution in [2.24, 2.45) is 0 Å². The van der Waals surface area contributed by atoms with E-state index in [4.69, 9.17) is 21.1 Å². The summed E-state index contributed by atoms with van der Waals surface area (Å²) in [7, 11) is 1.61.